The molecule has 3 aromatic heterocycles. The molecule has 2 atom stereocenters. The molecule has 0 bridgehead atoms. The Morgan fingerprint density at radius 2 is 2.14 bits per heavy atom. The monoisotopic (exact) mass is 318 g/mol. The highest BCUT2D eigenvalue weighted by Gasteiger charge is 2.21. The van der Waals surface area contributed by atoms with Gasteiger partial charge in [0.15, 0.2) is 0 Å². The molecule has 3 nitrogen and oxygen atoms in total. The van der Waals surface area contributed by atoms with Gasteiger partial charge in [-0.1, -0.05) is 17.7 Å². The molecule has 0 aliphatic heterocycles. The van der Waals surface area contributed by atoms with E-state index in [-0.39, 0.29) is 12.1 Å². The van der Waals surface area contributed by atoms with Gasteiger partial charge in [0.25, 0.3) is 0 Å². The van der Waals surface area contributed by atoms with Crippen LogP contribution in [0.5, 0.6) is 0 Å². The van der Waals surface area contributed by atoms with Crippen molar-refractivity contribution >= 4 is 22.9 Å². The van der Waals surface area contributed by atoms with Crippen molar-refractivity contribution < 1.29 is 4.42 Å². The molecule has 0 fully saturated rings. The molecule has 108 valence electrons. The van der Waals surface area contributed by atoms with Gasteiger partial charge in [0, 0.05) is 23.3 Å². The number of thiophene rings is 1. The quantitative estimate of drug-likeness (QED) is 0.732. The van der Waals surface area contributed by atoms with Crippen LogP contribution in [-0.4, -0.2) is 4.98 Å². The SMILES string of the molecule is C[C@@H](NC(c1ccco1)c1ccc(Cl)s1)c1cccnc1. The van der Waals surface area contributed by atoms with E-state index in [9.17, 15) is 0 Å². The summed E-state index contributed by atoms with van der Waals surface area (Å²) in [6.45, 7) is 2.11. The number of aromatic nitrogens is 1. The molecule has 0 saturated carbocycles. The number of rotatable bonds is 5. The van der Waals surface area contributed by atoms with Gasteiger partial charge in [0.1, 0.15) is 11.8 Å². The van der Waals surface area contributed by atoms with E-state index < -0.39 is 0 Å². The molecule has 1 N–H and O–H groups in total. The molecule has 21 heavy (non-hydrogen) atoms. The molecule has 0 saturated heterocycles. The van der Waals surface area contributed by atoms with E-state index in [0.717, 1.165) is 20.5 Å². The lowest BCUT2D eigenvalue weighted by atomic mass is 10.1. The van der Waals surface area contributed by atoms with Gasteiger partial charge in [0.05, 0.1) is 10.6 Å². The van der Waals surface area contributed by atoms with Crippen LogP contribution in [0.1, 0.15) is 35.2 Å². The third-order valence-electron chi connectivity index (χ3n) is 3.31. The lowest BCUT2D eigenvalue weighted by Crippen LogP contribution is -2.24. The summed E-state index contributed by atoms with van der Waals surface area (Å²) in [5.41, 5.74) is 1.14. The number of hydrogen-bond acceptors (Lipinski definition) is 4. The van der Waals surface area contributed by atoms with Crippen molar-refractivity contribution in [2.45, 2.75) is 19.0 Å². The van der Waals surface area contributed by atoms with Gasteiger partial charge < -0.3 is 4.42 Å². The molecular weight excluding hydrogens is 304 g/mol. The highest BCUT2D eigenvalue weighted by Crippen LogP contribution is 2.33. The van der Waals surface area contributed by atoms with Crippen LogP contribution < -0.4 is 5.32 Å². The van der Waals surface area contributed by atoms with Gasteiger partial charge in [-0.2, -0.15) is 0 Å². The van der Waals surface area contributed by atoms with Crippen molar-refractivity contribution in [1.29, 1.82) is 0 Å². The van der Waals surface area contributed by atoms with Crippen LogP contribution in [0.2, 0.25) is 4.34 Å². The molecule has 0 aliphatic carbocycles. The van der Waals surface area contributed by atoms with Crippen molar-refractivity contribution in [1.82, 2.24) is 10.3 Å². The fourth-order valence-electron chi connectivity index (χ4n) is 2.22. The molecule has 0 aromatic carbocycles. The number of halogens is 1. The van der Waals surface area contributed by atoms with E-state index in [1.54, 1.807) is 23.8 Å². The van der Waals surface area contributed by atoms with Crippen LogP contribution >= 0.6 is 22.9 Å². The molecule has 0 radical (unpaired) electrons. The summed E-state index contributed by atoms with van der Waals surface area (Å²) in [4.78, 5) is 5.30. The van der Waals surface area contributed by atoms with Crippen molar-refractivity contribution in [3.8, 4) is 0 Å². The predicted octanol–water partition coefficient (Wildman–Crippen LogP) is 4.83. The number of furan rings is 1. The highest BCUT2D eigenvalue weighted by molar-refractivity contribution is 7.16. The highest BCUT2D eigenvalue weighted by atomic mass is 35.5. The number of nitrogens with one attached hydrogen (secondary N) is 1. The number of nitrogens with zero attached hydrogens (tertiary/aromatic N) is 1. The number of pyridine rings is 1. The Morgan fingerprint density at radius 3 is 2.76 bits per heavy atom. The van der Waals surface area contributed by atoms with Crippen LogP contribution in [0.4, 0.5) is 0 Å². The Morgan fingerprint density at radius 1 is 1.24 bits per heavy atom. The first-order valence-electron chi connectivity index (χ1n) is 6.68. The Hall–Kier alpha value is -1.62. The summed E-state index contributed by atoms with van der Waals surface area (Å²) in [7, 11) is 0. The molecule has 3 heterocycles. The zero-order chi connectivity index (χ0) is 14.7. The summed E-state index contributed by atoms with van der Waals surface area (Å²) in [5.74, 6) is 0.879. The fourth-order valence-corrected chi connectivity index (χ4v) is 3.35. The van der Waals surface area contributed by atoms with E-state index in [1.165, 1.54) is 0 Å². The van der Waals surface area contributed by atoms with E-state index in [2.05, 4.69) is 23.3 Å². The van der Waals surface area contributed by atoms with E-state index in [0.29, 0.717) is 0 Å². The topological polar surface area (TPSA) is 38.1 Å². The Kier molecular flexibility index (Phi) is 4.39. The average molecular weight is 319 g/mol. The Balaban J connectivity index is 1.86. The van der Waals surface area contributed by atoms with Gasteiger partial charge in [-0.3, -0.25) is 10.3 Å². The van der Waals surface area contributed by atoms with E-state index >= 15 is 0 Å². The maximum Gasteiger partial charge on any atom is 0.126 e. The fraction of sp³-hybridized carbons (Fsp3) is 0.188. The molecule has 1 unspecified atom stereocenters. The van der Waals surface area contributed by atoms with Gasteiger partial charge >= 0.3 is 0 Å². The van der Waals surface area contributed by atoms with Crippen LogP contribution in [0.3, 0.4) is 0 Å². The van der Waals surface area contributed by atoms with Crippen molar-refractivity contribution in [3.05, 3.63) is 75.6 Å². The maximum atomic E-state index is 6.07. The molecule has 5 heteroatoms. The Bertz CT molecular complexity index is 681. The average Bonchev–Trinajstić information content (AvgIpc) is 3.17. The number of hydrogen-bond donors (Lipinski definition) is 1. The summed E-state index contributed by atoms with van der Waals surface area (Å²) < 4.78 is 6.36. The second-order valence-electron chi connectivity index (χ2n) is 4.77. The smallest absolute Gasteiger partial charge is 0.126 e. The first kappa shape index (κ1) is 14.3. The van der Waals surface area contributed by atoms with Gasteiger partial charge in [-0.05, 0) is 42.8 Å². The van der Waals surface area contributed by atoms with E-state index in [1.807, 2.05) is 36.5 Å². The van der Waals surface area contributed by atoms with E-state index in [4.69, 9.17) is 16.0 Å². The summed E-state index contributed by atoms with van der Waals surface area (Å²) in [6, 6.07) is 11.9. The summed E-state index contributed by atoms with van der Waals surface area (Å²) >= 11 is 7.63. The van der Waals surface area contributed by atoms with Gasteiger partial charge in [-0.25, -0.2) is 0 Å². The molecule has 3 aromatic rings. The third kappa shape index (κ3) is 3.35. The predicted molar refractivity (Wildman–Crippen MR) is 85.7 cm³/mol. The summed E-state index contributed by atoms with van der Waals surface area (Å²) in [6.07, 6.45) is 5.34. The standard InChI is InChI=1S/C16H15ClN2OS/c1-11(12-4-2-8-18-10-12)19-16(13-5-3-9-20-13)14-6-7-15(17)21-14/h2-11,16,19H,1H3/t11-,16?/m1/s1. The van der Waals surface area contributed by atoms with Crippen LogP contribution in [0.15, 0.2) is 59.5 Å². The van der Waals surface area contributed by atoms with Crippen LogP contribution in [-0.2, 0) is 0 Å². The lowest BCUT2D eigenvalue weighted by molar-refractivity contribution is 0.422. The van der Waals surface area contributed by atoms with Crippen molar-refractivity contribution in [2.24, 2.45) is 0 Å². The summed E-state index contributed by atoms with van der Waals surface area (Å²) in [5, 5.41) is 3.58. The zero-order valence-corrected chi connectivity index (χ0v) is 13.1. The first-order chi connectivity index (χ1) is 10.2. The van der Waals surface area contributed by atoms with Gasteiger partial charge in [-0.15, -0.1) is 11.3 Å². The Labute approximate surface area is 132 Å². The lowest BCUT2D eigenvalue weighted by Gasteiger charge is -2.21. The minimum atomic E-state index is -0.0206. The minimum Gasteiger partial charge on any atom is -0.467 e. The molecule has 0 amide bonds. The maximum absolute atomic E-state index is 6.07. The third-order valence-corrected chi connectivity index (χ3v) is 4.60. The zero-order valence-electron chi connectivity index (χ0n) is 11.5. The second-order valence-corrected chi connectivity index (χ2v) is 6.51. The van der Waals surface area contributed by atoms with Crippen LogP contribution in [0.25, 0.3) is 0 Å². The largest absolute Gasteiger partial charge is 0.467 e. The molecule has 0 spiro atoms. The van der Waals surface area contributed by atoms with Crippen LogP contribution in [0, 0.1) is 0 Å². The molecule has 3 rings (SSSR count). The normalized spacial score (nSPS) is 14.0. The van der Waals surface area contributed by atoms with Crippen molar-refractivity contribution in [2.75, 3.05) is 0 Å². The first-order valence-corrected chi connectivity index (χ1v) is 7.88. The minimum absolute atomic E-state index is 0.0206. The van der Waals surface area contributed by atoms with Crippen molar-refractivity contribution in [3.63, 3.8) is 0 Å². The second kappa shape index (κ2) is 6.43. The molecular formula is C16H15ClN2OS. The van der Waals surface area contributed by atoms with Gasteiger partial charge in [0.2, 0.25) is 0 Å². The molecule has 0 aliphatic rings.